The summed E-state index contributed by atoms with van der Waals surface area (Å²) >= 11 is 8.07. The maximum absolute atomic E-state index is 6.00. The van der Waals surface area contributed by atoms with Crippen molar-refractivity contribution in [2.75, 3.05) is 37.2 Å². The summed E-state index contributed by atoms with van der Waals surface area (Å²) in [7, 11) is 3.28. The van der Waals surface area contributed by atoms with Gasteiger partial charge in [0.1, 0.15) is 23.0 Å². The molecule has 53 heavy (non-hydrogen) atoms. The van der Waals surface area contributed by atoms with Crippen LogP contribution < -0.4 is 41.9 Å². The fraction of sp³-hybridized carbons (Fsp3) is 0.235. The van der Waals surface area contributed by atoms with Gasteiger partial charge in [-0.25, -0.2) is 19.9 Å². The van der Waals surface area contributed by atoms with Crippen molar-refractivity contribution >= 4 is 66.5 Å². The first-order valence-corrected chi connectivity index (χ1v) is 19.8. The van der Waals surface area contributed by atoms with Gasteiger partial charge in [-0.2, -0.15) is 9.97 Å². The number of nitrogens with zero attached hydrogens (tertiary/aromatic N) is 7. The number of methoxy groups -OCH3 is 2. The molecule has 4 heterocycles. The first kappa shape index (κ1) is 42.8. The van der Waals surface area contributed by atoms with Crippen LogP contribution in [0.15, 0.2) is 74.1 Å². The Kier molecular flexibility index (Phi) is 17.1. The number of rotatable bonds is 9. The molecule has 19 heteroatoms. The standard InChI is InChI=1S/C17H20N6O2.C14H17IN4O2.C3H4N2.Cu.HI/c1-10(2)11-6-14(24-3)12(23-5-4-20-9-23)7-13(11)25-15-8-21-17(19)22-16(15)18;1-7(2)8-4-11(20-3)9(15)5-10(8)21-12-6-18-14(17)19-13(12)16;1-2-5-3-4-1;;/h4-10H,1-3H3,(H4,18,19,21,22);4-7H,1-3H3,(H4,16,17,18,19);1-3H,(H,4,5);;1H/q;;;+1;/p-1. The number of halogens is 2. The number of aromatic nitrogens is 8. The molecule has 0 radical (unpaired) electrons. The number of aromatic amines is 1. The molecule has 0 spiro atoms. The predicted octanol–water partition coefficient (Wildman–Crippen LogP) is 7.21. The first-order valence-electron chi connectivity index (χ1n) is 15.6. The minimum absolute atomic E-state index is 0.0998. The predicted molar refractivity (Wildman–Crippen MR) is 218 cm³/mol. The molecule has 0 fully saturated rings. The third-order valence-electron chi connectivity index (χ3n) is 7.07. The van der Waals surface area contributed by atoms with Gasteiger partial charge in [0.25, 0.3) is 0 Å². The van der Waals surface area contributed by atoms with Crippen LogP contribution in [0.4, 0.5) is 23.5 Å². The SMILES string of the molecule is COc1cc(C(C)C)c(Oc2cnc(N)nc2N)cc1-n1ccnc1.COc1cc(C(C)C)c(Oc2cnc(N)nc2N)cc1I.[Cu][I].c1c[nH]cn1. The largest absolute Gasteiger partial charge is 0.351 e. The maximum Gasteiger partial charge on any atom is 0.0919 e. The Hall–Kier alpha value is -4.60. The molecule has 0 saturated heterocycles. The number of nitrogens with one attached hydrogen (secondary N) is 1. The van der Waals surface area contributed by atoms with Gasteiger partial charge in [-0.1, -0.05) is 27.7 Å². The molecule has 0 aliphatic heterocycles. The molecule has 0 atom stereocenters. The average molecular weight is 999 g/mol. The van der Waals surface area contributed by atoms with Crippen LogP contribution in [-0.2, 0) is 12.8 Å². The number of anilines is 4. The van der Waals surface area contributed by atoms with Crippen molar-refractivity contribution in [3.63, 3.8) is 0 Å². The van der Waals surface area contributed by atoms with Crippen molar-refractivity contribution < 1.29 is 31.7 Å². The normalized spacial score (nSPS) is 10.3. The van der Waals surface area contributed by atoms with Gasteiger partial charge in [0.2, 0.25) is 11.9 Å². The Morgan fingerprint density at radius 2 is 1.23 bits per heavy atom. The van der Waals surface area contributed by atoms with Gasteiger partial charge >= 0.3 is 33.1 Å². The Balaban J connectivity index is 0.000000244. The van der Waals surface area contributed by atoms with E-state index < -0.39 is 0 Å². The van der Waals surface area contributed by atoms with Crippen LogP contribution >= 0.6 is 42.9 Å². The number of H-pyrrole nitrogens is 1. The quantitative estimate of drug-likeness (QED) is 0.0711. The molecule has 9 N–H and O–H groups in total. The number of hydrogen-bond acceptors (Lipinski definition) is 14. The Labute approximate surface area is 340 Å². The summed E-state index contributed by atoms with van der Waals surface area (Å²) in [6.07, 6.45) is 13.2. The van der Waals surface area contributed by atoms with Gasteiger partial charge in [-0.15, -0.1) is 0 Å². The van der Waals surface area contributed by atoms with Crippen LogP contribution in [0, 0.1) is 3.57 Å². The molecule has 0 unspecified atom stereocenters. The van der Waals surface area contributed by atoms with Gasteiger partial charge in [0.15, 0.2) is 23.1 Å². The van der Waals surface area contributed by atoms with E-state index in [0.717, 1.165) is 31.9 Å². The molecule has 286 valence electrons. The summed E-state index contributed by atoms with van der Waals surface area (Å²) in [6, 6.07) is 7.70. The first-order chi connectivity index (χ1) is 25.4. The Morgan fingerprint density at radius 1 is 0.698 bits per heavy atom. The maximum atomic E-state index is 6.00. The van der Waals surface area contributed by atoms with E-state index in [-0.39, 0.29) is 35.4 Å². The van der Waals surface area contributed by atoms with E-state index in [1.54, 1.807) is 65.8 Å². The smallest absolute Gasteiger partial charge is 0.0919 e. The summed E-state index contributed by atoms with van der Waals surface area (Å²) in [5, 5.41) is 0. The minimum atomic E-state index is 0.0998. The van der Waals surface area contributed by atoms with Crippen LogP contribution in [0.25, 0.3) is 5.69 Å². The van der Waals surface area contributed by atoms with Crippen molar-refractivity contribution in [2.24, 2.45) is 0 Å². The van der Waals surface area contributed by atoms with Crippen LogP contribution in [0.2, 0.25) is 0 Å². The summed E-state index contributed by atoms with van der Waals surface area (Å²) in [5.74, 6) is 4.68. The van der Waals surface area contributed by atoms with E-state index in [2.05, 4.69) is 97.9 Å². The van der Waals surface area contributed by atoms with Crippen molar-refractivity contribution in [2.45, 2.75) is 39.5 Å². The molecular weight excluding hydrogens is 958 g/mol. The van der Waals surface area contributed by atoms with Crippen LogP contribution in [-0.4, -0.2) is 53.7 Å². The van der Waals surface area contributed by atoms with Crippen LogP contribution in [0.5, 0.6) is 34.5 Å². The second-order valence-corrected chi connectivity index (χ2v) is 12.4. The van der Waals surface area contributed by atoms with E-state index in [4.69, 9.17) is 41.9 Å². The second kappa shape index (κ2) is 21.2. The van der Waals surface area contributed by atoms with Gasteiger partial charge in [0, 0.05) is 42.0 Å². The topological polar surface area (TPSA) is 239 Å². The molecule has 2 aromatic carbocycles. The Morgan fingerprint density at radius 3 is 1.62 bits per heavy atom. The Bertz CT molecular complexity index is 2000. The monoisotopic (exact) mass is 998 g/mol. The van der Waals surface area contributed by atoms with Gasteiger partial charge in [-0.3, -0.25) is 0 Å². The van der Waals surface area contributed by atoms with Crippen LogP contribution in [0.3, 0.4) is 0 Å². The number of nitrogens with two attached hydrogens (primary N) is 4. The summed E-state index contributed by atoms with van der Waals surface area (Å²) in [5.41, 5.74) is 25.5. The van der Waals surface area contributed by atoms with E-state index >= 15 is 0 Å². The number of nitrogen functional groups attached to an aromatic ring is 4. The molecule has 0 bridgehead atoms. The third-order valence-corrected chi connectivity index (χ3v) is 7.91. The second-order valence-electron chi connectivity index (χ2n) is 11.3. The molecule has 0 amide bonds. The van der Waals surface area contributed by atoms with Gasteiger partial charge < -0.3 is 51.4 Å². The van der Waals surface area contributed by atoms with Crippen molar-refractivity contribution in [1.29, 1.82) is 0 Å². The summed E-state index contributed by atoms with van der Waals surface area (Å²) in [4.78, 5) is 26.2. The molecule has 0 saturated carbocycles. The fourth-order valence-corrected chi connectivity index (χ4v) is 5.18. The number of ether oxygens (including phenoxy) is 4. The molecule has 4 aromatic heterocycles. The van der Waals surface area contributed by atoms with Crippen molar-refractivity contribution in [1.82, 2.24) is 39.5 Å². The average Bonchev–Trinajstić information content (AvgIpc) is 3.90. The molecule has 6 rings (SSSR count). The number of imidazole rings is 2. The molecule has 6 aromatic rings. The van der Waals surface area contributed by atoms with Crippen LogP contribution in [0.1, 0.15) is 50.7 Å². The zero-order chi connectivity index (χ0) is 39.1. The van der Waals surface area contributed by atoms with E-state index in [1.807, 2.05) is 35.0 Å². The van der Waals surface area contributed by atoms with Gasteiger partial charge in [0.05, 0.1) is 48.5 Å². The molecule has 16 nitrogen and oxygen atoms in total. The zero-order valence-corrected chi connectivity index (χ0v) is 35.0. The summed E-state index contributed by atoms with van der Waals surface area (Å²) in [6.45, 7) is 8.30. The molecule has 0 aliphatic rings. The number of benzene rings is 2. The third kappa shape index (κ3) is 12.2. The fourth-order valence-electron chi connectivity index (χ4n) is 4.52. The zero-order valence-electron chi connectivity index (χ0n) is 29.7. The molecular formula is C34H41CuI2N12O4. The van der Waals surface area contributed by atoms with Crippen molar-refractivity contribution in [3.8, 4) is 40.2 Å². The van der Waals surface area contributed by atoms with Gasteiger partial charge in [-0.05, 0) is 52.6 Å². The van der Waals surface area contributed by atoms with E-state index in [0.29, 0.717) is 23.0 Å². The van der Waals surface area contributed by atoms with E-state index in [1.165, 1.54) is 12.4 Å². The van der Waals surface area contributed by atoms with E-state index in [9.17, 15) is 0 Å². The number of hydrogen-bond donors (Lipinski definition) is 5. The molecule has 0 aliphatic carbocycles. The van der Waals surface area contributed by atoms with Crippen molar-refractivity contribution in [3.05, 3.63) is 88.8 Å². The minimum Gasteiger partial charge on any atom is -0.351 e. The summed E-state index contributed by atoms with van der Waals surface area (Å²) < 4.78 is 25.6.